The number of allylic oxidation sites excluding steroid dienone is 16. The number of carbonyl (C=O) groups is 1. The van der Waals surface area contributed by atoms with Crippen molar-refractivity contribution in [3.63, 3.8) is 0 Å². The van der Waals surface area contributed by atoms with E-state index in [0.717, 1.165) is 109 Å². The van der Waals surface area contributed by atoms with E-state index in [1.165, 1.54) is 252 Å². The zero-order valence-corrected chi connectivity index (χ0v) is 95.0. The predicted octanol–water partition coefficient (Wildman–Crippen LogP) is 33.6. The molecular formula is C124H214O9Si2. The summed E-state index contributed by atoms with van der Waals surface area (Å²) in [6.07, 6.45) is 70.1. The second kappa shape index (κ2) is 50.8. The summed E-state index contributed by atoms with van der Waals surface area (Å²) in [6.45, 7) is 64.5. The Kier molecular flexibility index (Phi) is 43.6. The minimum Gasteiger partial charge on any atom is -0.412 e. The lowest BCUT2D eigenvalue weighted by Crippen LogP contribution is -2.44. The molecule has 0 amide bonds. The fourth-order valence-corrected chi connectivity index (χ4v) is 38.4. The molecule has 0 radical (unpaired) electrons. The van der Waals surface area contributed by atoms with Gasteiger partial charge in [-0.05, 0) is 433 Å². The lowest BCUT2D eigenvalue weighted by molar-refractivity contribution is -0.126. The van der Waals surface area contributed by atoms with Gasteiger partial charge in [0.05, 0.1) is 46.8 Å². The minimum atomic E-state index is -1.56. The van der Waals surface area contributed by atoms with E-state index >= 15 is 0 Å². The number of ketones is 1. The van der Waals surface area contributed by atoms with Crippen molar-refractivity contribution in [3.8, 4) is 0 Å². The van der Waals surface area contributed by atoms with Crippen LogP contribution in [-0.4, -0.2) is 99.9 Å². The average Bonchev–Trinajstić information content (AvgIpc) is 1.63. The van der Waals surface area contributed by atoms with Crippen LogP contribution in [0.1, 0.15) is 457 Å². The van der Waals surface area contributed by atoms with Crippen LogP contribution in [-0.2, 0) is 13.6 Å². The Morgan fingerprint density at radius 1 is 0.363 bits per heavy atom. The minimum absolute atomic E-state index is 0.0169. The van der Waals surface area contributed by atoms with Crippen molar-refractivity contribution in [1.29, 1.82) is 0 Å². The summed E-state index contributed by atoms with van der Waals surface area (Å²) in [4.78, 5) is 12.3. The molecule has 24 atom stereocenters. The van der Waals surface area contributed by atoms with Crippen LogP contribution in [0.15, 0.2) is 116 Å². The smallest absolute Gasteiger partial charge is 0.192 e. The van der Waals surface area contributed by atoms with E-state index in [0.29, 0.717) is 76.8 Å². The van der Waals surface area contributed by atoms with Crippen molar-refractivity contribution in [2.45, 2.75) is 540 Å². The number of Topliss-reactive ketones (excluding diaryl/α,β-unsaturated/α-hetero) is 1. The molecule has 9 nitrogen and oxygen atoms in total. The van der Waals surface area contributed by atoms with E-state index in [-0.39, 0.29) is 23.0 Å². The van der Waals surface area contributed by atoms with Gasteiger partial charge in [0.1, 0.15) is 5.78 Å². The third-order valence-electron chi connectivity index (χ3n) is 39.8. The summed E-state index contributed by atoms with van der Waals surface area (Å²) in [6, 6.07) is 7.49. The van der Waals surface area contributed by atoms with Gasteiger partial charge in [0.15, 0.2) is 16.6 Å². The molecule has 0 aliphatic heterocycles. The average molecular weight is 1910 g/mol. The van der Waals surface area contributed by atoms with Crippen LogP contribution in [0.5, 0.6) is 0 Å². The topological polar surface area (TPSA) is 157 Å². The summed E-state index contributed by atoms with van der Waals surface area (Å²) < 4.78 is 13.8. The van der Waals surface area contributed by atoms with Gasteiger partial charge in [-0.3, -0.25) is 4.79 Å². The molecule has 0 saturated heterocycles. The molecule has 12 fully saturated rings. The van der Waals surface area contributed by atoms with Crippen molar-refractivity contribution in [3.05, 3.63) is 116 Å². The van der Waals surface area contributed by atoms with Crippen molar-refractivity contribution in [2.24, 2.45) is 116 Å². The lowest BCUT2D eigenvalue weighted by Gasteiger charge is -2.44. The second-order valence-electron chi connectivity index (χ2n) is 51.9. The molecule has 0 aromatic heterocycles. The zero-order valence-electron chi connectivity index (χ0n) is 93.0. The summed E-state index contributed by atoms with van der Waals surface area (Å²) in [5, 5.41) is 61.5. The Hall–Kier alpha value is -2.82. The maximum absolute atomic E-state index is 12.3. The molecule has 12 rings (SSSR count). The number of aliphatic hydroxyl groups is 6. The molecule has 772 valence electrons. The third-order valence-corrected chi connectivity index (χ3v) is 49.5. The maximum Gasteiger partial charge on any atom is 0.192 e. The molecule has 0 heterocycles. The van der Waals surface area contributed by atoms with Gasteiger partial charge >= 0.3 is 0 Å². The molecule has 0 spiro atoms. The van der Waals surface area contributed by atoms with Gasteiger partial charge in [0.25, 0.3) is 0 Å². The molecule has 12 aliphatic carbocycles. The summed E-state index contributed by atoms with van der Waals surface area (Å²) in [5.41, 5.74) is 14.5. The number of hydrogen-bond acceptors (Lipinski definition) is 9. The molecule has 0 aromatic carbocycles. The molecule has 135 heavy (non-hydrogen) atoms. The van der Waals surface area contributed by atoms with Crippen LogP contribution in [0.3, 0.4) is 0 Å². The quantitative estimate of drug-likeness (QED) is 0.0273. The first-order valence-corrected chi connectivity index (χ1v) is 62.5. The Balaban J connectivity index is 0.000000203. The molecule has 0 aromatic rings. The molecule has 11 heteroatoms. The molecular weight excluding hydrogens is 1690 g/mol. The van der Waals surface area contributed by atoms with Gasteiger partial charge < -0.3 is 39.5 Å². The van der Waals surface area contributed by atoms with Crippen LogP contribution in [0, 0.1) is 116 Å². The number of hydrogen-bond donors (Lipinski definition) is 6. The van der Waals surface area contributed by atoms with Gasteiger partial charge in [-0.1, -0.05) is 281 Å². The fraction of sp³-hybridized carbons (Fsp3) is 0.831. The van der Waals surface area contributed by atoms with Crippen LogP contribution < -0.4 is 0 Å². The first-order valence-electron chi connectivity index (χ1n) is 57.4. The van der Waals surface area contributed by atoms with E-state index in [1.807, 2.05) is 53.7 Å². The number of fused-ring (bicyclic) bond motifs is 4. The SMILES string of the molecule is CC=C1[C@H](O)CC(=C/C=C2\CCC[C@@]3(C)C2CCC3[C@@H](C)CCCC(C)(C)O)C[C@H]1O.CC=C1[C@H](O)CC(=C/C=C2\CCC[C@@]3(C)C2CCC3[C@@H](C)CCCC(C)(C)O)C[C@H]1O.CC[Si](CC)(CC)OC(C)(C)CCC[C@H](C)C1CCC2/C(=C/C=C3C[C@@H](C)C(=O)[C@H](C)C3)CCC[C@@]21C.CC[Si](CC)(CC)OC(C)(C)CCC[C@H](C)C1CCC2/C(=C/C=C3C[C@@H](C)C[C@H](C)C3)CCC[C@@]21C. The lowest BCUT2D eigenvalue weighted by atomic mass is 9.60. The first kappa shape index (κ1) is 116. The molecule has 8 unspecified atom stereocenters. The molecule has 0 bridgehead atoms. The zero-order chi connectivity index (χ0) is 99.6. The monoisotopic (exact) mass is 1900 g/mol. The predicted molar refractivity (Wildman–Crippen MR) is 581 cm³/mol. The Morgan fingerprint density at radius 2 is 0.600 bits per heavy atom. The number of carbonyl (C=O) groups excluding carboxylic acids is 1. The van der Waals surface area contributed by atoms with E-state index in [9.17, 15) is 35.4 Å². The fourth-order valence-electron chi connectivity index (χ4n) is 32.0. The van der Waals surface area contributed by atoms with Gasteiger partial charge in [-0.25, -0.2) is 0 Å². The highest BCUT2D eigenvalue weighted by Crippen LogP contribution is 2.65. The number of rotatable bonds is 34. The molecule has 6 N–H and O–H groups in total. The highest BCUT2D eigenvalue weighted by molar-refractivity contribution is 6.74. The normalized spacial score (nSPS) is 34.8. The highest BCUT2D eigenvalue weighted by Gasteiger charge is 2.55. The third kappa shape index (κ3) is 30.7. The van der Waals surface area contributed by atoms with Crippen molar-refractivity contribution in [1.82, 2.24) is 0 Å². The summed E-state index contributed by atoms with van der Waals surface area (Å²) in [5.74, 6) is 11.8. The molecule has 12 saturated carbocycles. The summed E-state index contributed by atoms with van der Waals surface area (Å²) in [7, 11) is -3.10. The van der Waals surface area contributed by atoms with E-state index < -0.39 is 52.3 Å². The van der Waals surface area contributed by atoms with Gasteiger partial charge in [0, 0.05) is 11.8 Å². The van der Waals surface area contributed by atoms with Gasteiger partial charge in [-0.2, -0.15) is 0 Å². The van der Waals surface area contributed by atoms with E-state index in [1.54, 1.807) is 27.9 Å². The second-order valence-corrected chi connectivity index (χ2v) is 61.3. The maximum atomic E-state index is 12.3. The van der Waals surface area contributed by atoms with Crippen LogP contribution in [0.2, 0.25) is 36.3 Å². The van der Waals surface area contributed by atoms with Gasteiger partial charge in [-0.15, -0.1) is 0 Å². The highest BCUT2D eigenvalue weighted by atomic mass is 28.4. The van der Waals surface area contributed by atoms with Gasteiger partial charge in [0.2, 0.25) is 0 Å². The van der Waals surface area contributed by atoms with Crippen molar-refractivity contribution in [2.75, 3.05) is 0 Å². The van der Waals surface area contributed by atoms with Crippen molar-refractivity contribution < 1.29 is 44.3 Å². The Morgan fingerprint density at radius 3 is 0.837 bits per heavy atom. The molecule has 12 aliphatic rings. The van der Waals surface area contributed by atoms with Crippen LogP contribution in [0.4, 0.5) is 0 Å². The number of aliphatic hydroxyl groups excluding tert-OH is 4. The largest absolute Gasteiger partial charge is 0.412 e. The van der Waals surface area contributed by atoms with Crippen molar-refractivity contribution >= 4 is 22.4 Å². The standard InChI is InChI=1S/C34H60O2Si.C34H62OSi.2C28H46O3/c1-10-37(11-2,12-3)36-33(7,8)21-13-15-25(4)30-19-20-31-29(16-14-22-34(30,31)9)18-17-28-23-26(5)32(35)27(6)24-28;1-10-36(11-2,12-3)35-33(7,8)21-13-15-28(6)31-19-20-32-30(16-14-22-34(31,32)9)18-17-29-24-26(4)23-27(5)25-29;2*1-6-22-25(29)17-20(18-26(22)30)11-12-21-10-8-16-28(5)23(13-14-24(21)28)19(2)9-7-15-27(3,4)31/h17-18,25-27,30-31H,10-16,19-24H2,1-9H3;17-18,26-28,31-32H,10-16,19-25H2,1-9H3;2*6,11-12,19,23-26,29-31H,7-10,13-18H2,1-5H3/b29-18+;30-18+;2*20-11?,21-12+,22-6?/t25-,26+,27+,30?,31?,34+;26-,27-,28-,31?,32?,34+;2*19-,23?,24?,25+,26+,28+/m0000/s1. The Bertz CT molecular complexity index is 3840. The van der Waals surface area contributed by atoms with Crippen LogP contribution in [0.25, 0.3) is 0 Å². The van der Waals surface area contributed by atoms with Crippen LogP contribution >= 0.6 is 0 Å². The summed E-state index contributed by atoms with van der Waals surface area (Å²) >= 11 is 0. The Labute approximate surface area is 834 Å². The van der Waals surface area contributed by atoms with E-state index in [2.05, 4.69) is 201 Å². The van der Waals surface area contributed by atoms with E-state index in [4.69, 9.17) is 8.85 Å². The first-order chi connectivity index (χ1) is 63.5.